The predicted molar refractivity (Wildman–Crippen MR) is 187 cm³/mol. The molecule has 2 fully saturated rings. The number of ether oxygens (including phenoxy) is 8. The van der Waals surface area contributed by atoms with Crippen molar-refractivity contribution in [3.8, 4) is 0 Å². The average Bonchev–Trinajstić information content (AvgIpc) is 3.15. The number of hydrogen-bond acceptors (Lipinski definition) is 9. The Labute approximate surface area is 294 Å². The van der Waals surface area contributed by atoms with Gasteiger partial charge in [-0.05, 0) is 36.1 Å². The molecule has 2 aliphatic heterocycles. The van der Waals surface area contributed by atoms with Crippen LogP contribution in [0.25, 0.3) is 0 Å². The van der Waals surface area contributed by atoms with Crippen LogP contribution in [-0.4, -0.2) is 73.6 Å². The van der Waals surface area contributed by atoms with E-state index < -0.39 is 61.4 Å². The van der Waals surface area contributed by atoms with Crippen molar-refractivity contribution in [3.05, 3.63) is 144 Å². The molecule has 50 heavy (non-hydrogen) atoms. The molecule has 1 N–H and O–H groups in total. The van der Waals surface area contributed by atoms with E-state index in [4.69, 9.17) is 37.9 Å². The Morgan fingerprint density at radius 1 is 0.460 bits per heavy atom. The van der Waals surface area contributed by atoms with Gasteiger partial charge in [-0.2, -0.15) is 0 Å². The van der Waals surface area contributed by atoms with Crippen LogP contribution in [0, 0.1) is 0 Å². The van der Waals surface area contributed by atoms with Crippen LogP contribution in [0.4, 0.5) is 0 Å². The Kier molecular flexibility index (Phi) is 13.2. The lowest BCUT2D eigenvalue weighted by Crippen LogP contribution is -2.64. The van der Waals surface area contributed by atoms with E-state index in [9.17, 15) is 5.11 Å². The average molecular weight is 685 g/mol. The molecule has 9 heteroatoms. The predicted octanol–water partition coefficient (Wildman–Crippen LogP) is 6.21. The zero-order valence-corrected chi connectivity index (χ0v) is 28.9. The van der Waals surface area contributed by atoms with Crippen LogP contribution in [0.15, 0.2) is 121 Å². The third-order valence-electron chi connectivity index (χ3n) is 9.14. The molecule has 4 aromatic carbocycles. The fourth-order valence-electron chi connectivity index (χ4n) is 6.46. The van der Waals surface area contributed by atoms with Gasteiger partial charge in [0.15, 0.2) is 12.6 Å². The van der Waals surface area contributed by atoms with E-state index in [1.54, 1.807) is 7.11 Å². The highest BCUT2D eigenvalue weighted by Gasteiger charge is 2.52. The maximum absolute atomic E-state index is 11.9. The van der Waals surface area contributed by atoms with E-state index in [1.165, 1.54) is 0 Å². The Morgan fingerprint density at radius 2 is 0.820 bits per heavy atom. The molecule has 0 aliphatic carbocycles. The van der Waals surface area contributed by atoms with Crippen molar-refractivity contribution in [2.45, 2.75) is 102 Å². The minimum atomic E-state index is -1.07. The summed E-state index contributed by atoms with van der Waals surface area (Å²) < 4.78 is 51.5. The highest BCUT2D eigenvalue weighted by Crippen LogP contribution is 2.35. The van der Waals surface area contributed by atoms with Gasteiger partial charge in [-0.3, -0.25) is 0 Å². The van der Waals surface area contributed by atoms with Gasteiger partial charge in [-0.15, -0.1) is 0 Å². The van der Waals surface area contributed by atoms with Gasteiger partial charge in [0.2, 0.25) is 0 Å². The summed E-state index contributed by atoms with van der Waals surface area (Å²) in [5, 5.41) is 11.9. The maximum atomic E-state index is 11.9. The standard InChI is InChI=1S/C41H48O9/c1-28-35(44-24-30-16-8-4-9-17-30)34(42)37(46-26-32-20-12-6-13-21-32)41(49-28)50-38-36(45-25-31-18-10-5-11-19-31)29(2)48-40(43-3)39(38)47-27-33-22-14-7-15-23-33/h4-23,28-29,34-42H,24-27H2,1-3H3/t28-,29-,34+,35-,36-,37+,38+,39+,40+,41-/m0/s1. The van der Waals surface area contributed by atoms with Gasteiger partial charge in [-0.25, -0.2) is 0 Å². The number of methoxy groups -OCH3 is 1. The summed E-state index contributed by atoms with van der Waals surface area (Å²) in [5.74, 6) is 0. The van der Waals surface area contributed by atoms with E-state index in [-0.39, 0.29) is 6.61 Å². The zero-order valence-electron chi connectivity index (χ0n) is 28.9. The second kappa shape index (κ2) is 18.1. The molecule has 266 valence electrons. The smallest absolute Gasteiger partial charge is 0.187 e. The lowest BCUT2D eigenvalue weighted by Gasteiger charge is -2.48. The van der Waals surface area contributed by atoms with Crippen LogP contribution < -0.4 is 0 Å². The van der Waals surface area contributed by atoms with E-state index in [1.807, 2.05) is 135 Å². The molecule has 6 rings (SSSR count). The Hall–Kier alpha value is -3.48. The molecular weight excluding hydrogens is 636 g/mol. The van der Waals surface area contributed by atoms with Crippen molar-refractivity contribution in [3.63, 3.8) is 0 Å². The molecular formula is C41H48O9. The van der Waals surface area contributed by atoms with Gasteiger partial charge in [0.25, 0.3) is 0 Å². The fourth-order valence-corrected chi connectivity index (χ4v) is 6.46. The van der Waals surface area contributed by atoms with Crippen molar-refractivity contribution in [1.29, 1.82) is 0 Å². The van der Waals surface area contributed by atoms with E-state index in [0.717, 1.165) is 22.3 Å². The monoisotopic (exact) mass is 684 g/mol. The van der Waals surface area contributed by atoms with Gasteiger partial charge in [0.05, 0.1) is 38.6 Å². The van der Waals surface area contributed by atoms with Gasteiger partial charge in [-0.1, -0.05) is 121 Å². The number of hydrogen-bond donors (Lipinski definition) is 1. The highest BCUT2D eigenvalue weighted by molar-refractivity contribution is 5.16. The molecule has 0 unspecified atom stereocenters. The second-order valence-electron chi connectivity index (χ2n) is 12.8. The molecule has 10 atom stereocenters. The number of benzene rings is 4. The Bertz CT molecular complexity index is 1530. The van der Waals surface area contributed by atoms with Crippen molar-refractivity contribution in [1.82, 2.24) is 0 Å². The first-order valence-electron chi connectivity index (χ1n) is 17.3. The summed E-state index contributed by atoms with van der Waals surface area (Å²) in [6.07, 6.45) is -7.40. The third-order valence-corrected chi connectivity index (χ3v) is 9.14. The first kappa shape index (κ1) is 36.3. The Balaban J connectivity index is 1.28. The summed E-state index contributed by atoms with van der Waals surface area (Å²) in [6.45, 7) is 4.98. The van der Waals surface area contributed by atoms with E-state index in [0.29, 0.717) is 19.8 Å². The topological polar surface area (TPSA) is 94.1 Å². The number of aliphatic hydroxyl groups excluding tert-OH is 1. The van der Waals surface area contributed by atoms with Gasteiger partial charge in [0, 0.05) is 7.11 Å². The molecule has 0 amide bonds. The van der Waals surface area contributed by atoms with Gasteiger partial charge < -0.3 is 43.0 Å². The molecule has 2 heterocycles. The van der Waals surface area contributed by atoms with Crippen LogP contribution in [-0.2, 0) is 64.3 Å². The summed E-state index contributed by atoms with van der Waals surface area (Å²) in [7, 11) is 1.59. The third kappa shape index (κ3) is 9.44. The molecule has 2 saturated heterocycles. The van der Waals surface area contributed by atoms with Crippen LogP contribution in [0.1, 0.15) is 36.1 Å². The molecule has 0 saturated carbocycles. The van der Waals surface area contributed by atoms with Crippen molar-refractivity contribution < 1.29 is 43.0 Å². The SMILES string of the molecule is CO[C@@H]1O[C@@H](C)[C@H](OCc2ccccc2)[C@@H](O[C@@H]2O[C@@H](C)[C@H](OCc3ccccc3)[C@@H](O)[C@H]2OCc2ccccc2)[C@H]1OCc1ccccc1. The highest BCUT2D eigenvalue weighted by atomic mass is 16.8. The summed E-state index contributed by atoms with van der Waals surface area (Å²) in [6, 6.07) is 39.5. The molecule has 9 nitrogen and oxygen atoms in total. The van der Waals surface area contributed by atoms with Crippen LogP contribution in [0.3, 0.4) is 0 Å². The normalized spacial score (nSPS) is 29.8. The molecule has 4 aromatic rings. The minimum Gasteiger partial charge on any atom is -0.387 e. The van der Waals surface area contributed by atoms with Gasteiger partial charge in [0.1, 0.15) is 36.6 Å². The molecule has 2 aliphatic rings. The lowest BCUT2D eigenvalue weighted by atomic mass is 9.96. The van der Waals surface area contributed by atoms with E-state index in [2.05, 4.69) is 0 Å². The molecule has 0 spiro atoms. The first-order valence-corrected chi connectivity index (χ1v) is 17.3. The van der Waals surface area contributed by atoms with Crippen LogP contribution >= 0.6 is 0 Å². The summed E-state index contributed by atoms with van der Waals surface area (Å²) in [5.41, 5.74) is 3.94. The minimum absolute atomic E-state index is 0.234. The van der Waals surface area contributed by atoms with Crippen LogP contribution in [0.5, 0.6) is 0 Å². The van der Waals surface area contributed by atoms with Crippen molar-refractivity contribution >= 4 is 0 Å². The quantitative estimate of drug-likeness (QED) is 0.157. The molecule has 0 radical (unpaired) electrons. The van der Waals surface area contributed by atoms with Gasteiger partial charge >= 0.3 is 0 Å². The lowest BCUT2D eigenvalue weighted by molar-refractivity contribution is -0.368. The molecule has 0 aromatic heterocycles. The summed E-state index contributed by atoms with van der Waals surface area (Å²) in [4.78, 5) is 0. The largest absolute Gasteiger partial charge is 0.387 e. The van der Waals surface area contributed by atoms with Crippen molar-refractivity contribution in [2.75, 3.05) is 7.11 Å². The number of rotatable bonds is 15. The first-order chi connectivity index (χ1) is 24.5. The van der Waals surface area contributed by atoms with Crippen molar-refractivity contribution in [2.24, 2.45) is 0 Å². The zero-order chi connectivity index (χ0) is 34.7. The number of aliphatic hydroxyl groups is 1. The summed E-state index contributed by atoms with van der Waals surface area (Å²) >= 11 is 0. The second-order valence-corrected chi connectivity index (χ2v) is 12.8. The Morgan fingerprint density at radius 3 is 1.26 bits per heavy atom. The fraction of sp³-hybridized carbons (Fsp3) is 0.415. The van der Waals surface area contributed by atoms with Crippen LogP contribution in [0.2, 0.25) is 0 Å². The molecule has 0 bridgehead atoms. The maximum Gasteiger partial charge on any atom is 0.187 e. The van der Waals surface area contributed by atoms with E-state index >= 15 is 0 Å².